The van der Waals surface area contributed by atoms with Crippen molar-refractivity contribution in [3.05, 3.63) is 35.4 Å². The van der Waals surface area contributed by atoms with Crippen LogP contribution in [-0.2, 0) is 17.8 Å². The smallest absolute Gasteiger partial charge is 0.0681 e. The van der Waals surface area contributed by atoms with Crippen molar-refractivity contribution in [1.82, 2.24) is 5.32 Å². The number of aryl methyl sites for hydroxylation is 1. The van der Waals surface area contributed by atoms with Crippen LogP contribution < -0.4 is 5.32 Å². The van der Waals surface area contributed by atoms with E-state index < -0.39 is 0 Å². The summed E-state index contributed by atoms with van der Waals surface area (Å²) in [5.41, 5.74) is 2.33. The van der Waals surface area contributed by atoms with Crippen LogP contribution in [0.2, 0.25) is 0 Å². The van der Waals surface area contributed by atoms with Crippen molar-refractivity contribution >= 4 is 0 Å². The number of rotatable bonds is 7. The third kappa shape index (κ3) is 5.31. The van der Waals surface area contributed by atoms with Gasteiger partial charge in [-0.3, -0.25) is 0 Å². The number of ether oxygens (including phenoxy) is 1. The average Bonchev–Trinajstić information content (AvgIpc) is 2.48. The Morgan fingerprint density at radius 1 is 1.21 bits per heavy atom. The summed E-state index contributed by atoms with van der Waals surface area (Å²) in [4.78, 5) is 0. The second-order valence-corrected chi connectivity index (χ2v) is 5.34. The molecule has 1 saturated heterocycles. The van der Waals surface area contributed by atoms with E-state index in [4.69, 9.17) is 9.84 Å². The number of benzene rings is 1. The molecule has 1 aliphatic rings. The number of aliphatic hydroxyl groups excluding tert-OH is 1. The van der Waals surface area contributed by atoms with Gasteiger partial charge in [0.05, 0.1) is 6.61 Å². The SMILES string of the molecule is OCc1cccc(CCCNCC2CCOCC2)c1. The number of hydrogen-bond acceptors (Lipinski definition) is 3. The summed E-state index contributed by atoms with van der Waals surface area (Å²) in [5, 5.41) is 12.6. The zero-order valence-electron chi connectivity index (χ0n) is 11.6. The molecule has 1 aromatic carbocycles. The fraction of sp³-hybridized carbons (Fsp3) is 0.625. The third-order valence-corrected chi connectivity index (χ3v) is 3.77. The van der Waals surface area contributed by atoms with Gasteiger partial charge in [0.15, 0.2) is 0 Å². The standard InChI is InChI=1S/C16H25NO2/c18-13-16-4-1-3-14(11-16)5-2-8-17-12-15-6-9-19-10-7-15/h1,3-4,11,15,17-18H,2,5-10,12-13H2. The van der Waals surface area contributed by atoms with Crippen molar-refractivity contribution < 1.29 is 9.84 Å². The topological polar surface area (TPSA) is 41.5 Å². The normalized spacial score (nSPS) is 16.7. The lowest BCUT2D eigenvalue weighted by atomic mass is 10.0. The van der Waals surface area contributed by atoms with Crippen LogP contribution in [0.5, 0.6) is 0 Å². The van der Waals surface area contributed by atoms with Crippen molar-refractivity contribution in [3.8, 4) is 0 Å². The molecule has 0 saturated carbocycles. The molecular weight excluding hydrogens is 238 g/mol. The van der Waals surface area contributed by atoms with E-state index in [-0.39, 0.29) is 6.61 Å². The highest BCUT2D eigenvalue weighted by Gasteiger charge is 2.12. The van der Waals surface area contributed by atoms with Gasteiger partial charge < -0.3 is 15.2 Å². The highest BCUT2D eigenvalue weighted by atomic mass is 16.5. The zero-order chi connectivity index (χ0) is 13.3. The van der Waals surface area contributed by atoms with Gasteiger partial charge in [-0.05, 0) is 55.8 Å². The molecule has 0 atom stereocenters. The van der Waals surface area contributed by atoms with Crippen molar-refractivity contribution in [2.24, 2.45) is 5.92 Å². The first-order chi connectivity index (χ1) is 9.38. The van der Waals surface area contributed by atoms with Gasteiger partial charge in [0.1, 0.15) is 0 Å². The average molecular weight is 263 g/mol. The molecule has 0 radical (unpaired) electrons. The van der Waals surface area contributed by atoms with E-state index in [1.54, 1.807) is 0 Å². The van der Waals surface area contributed by atoms with E-state index in [2.05, 4.69) is 17.4 Å². The summed E-state index contributed by atoms with van der Waals surface area (Å²) in [5.74, 6) is 0.798. The van der Waals surface area contributed by atoms with E-state index in [1.165, 1.54) is 18.4 Å². The van der Waals surface area contributed by atoms with Gasteiger partial charge in [-0.25, -0.2) is 0 Å². The molecule has 1 aliphatic heterocycles. The Hall–Kier alpha value is -0.900. The minimum Gasteiger partial charge on any atom is -0.392 e. The molecule has 0 aliphatic carbocycles. The van der Waals surface area contributed by atoms with Gasteiger partial charge in [-0.2, -0.15) is 0 Å². The fourth-order valence-electron chi connectivity index (χ4n) is 2.56. The molecule has 1 aromatic rings. The molecule has 106 valence electrons. The lowest BCUT2D eigenvalue weighted by Gasteiger charge is -2.22. The molecular formula is C16H25NO2. The number of aliphatic hydroxyl groups is 1. The van der Waals surface area contributed by atoms with E-state index in [0.29, 0.717) is 0 Å². The second-order valence-electron chi connectivity index (χ2n) is 5.34. The van der Waals surface area contributed by atoms with Gasteiger partial charge in [-0.15, -0.1) is 0 Å². The van der Waals surface area contributed by atoms with Crippen LogP contribution in [0.25, 0.3) is 0 Å². The second kappa shape index (κ2) is 8.31. The number of nitrogens with one attached hydrogen (secondary N) is 1. The quantitative estimate of drug-likeness (QED) is 0.741. The molecule has 0 aromatic heterocycles. The summed E-state index contributed by atoms with van der Waals surface area (Å²) in [6, 6.07) is 8.22. The van der Waals surface area contributed by atoms with Crippen LogP contribution in [0.1, 0.15) is 30.4 Å². The Bertz CT molecular complexity index is 362. The highest BCUT2D eigenvalue weighted by molar-refractivity contribution is 5.22. The lowest BCUT2D eigenvalue weighted by molar-refractivity contribution is 0.0663. The van der Waals surface area contributed by atoms with E-state index in [1.807, 2.05) is 12.1 Å². The summed E-state index contributed by atoms with van der Waals surface area (Å²) >= 11 is 0. The maximum absolute atomic E-state index is 9.09. The van der Waals surface area contributed by atoms with Crippen LogP contribution in [0.15, 0.2) is 24.3 Å². The minimum atomic E-state index is 0.135. The largest absolute Gasteiger partial charge is 0.392 e. The number of hydrogen-bond donors (Lipinski definition) is 2. The molecule has 3 nitrogen and oxygen atoms in total. The van der Waals surface area contributed by atoms with Gasteiger partial charge in [0, 0.05) is 13.2 Å². The van der Waals surface area contributed by atoms with Crippen LogP contribution in [-0.4, -0.2) is 31.4 Å². The molecule has 0 unspecified atom stereocenters. The van der Waals surface area contributed by atoms with E-state index in [0.717, 1.165) is 50.6 Å². The monoisotopic (exact) mass is 263 g/mol. The van der Waals surface area contributed by atoms with Gasteiger partial charge >= 0.3 is 0 Å². The molecule has 0 amide bonds. The van der Waals surface area contributed by atoms with Crippen molar-refractivity contribution in [1.29, 1.82) is 0 Å². The summed E-state index contributed by atoms with van der Waals surface area (Å²) in [6.07, 6.45) is 4.63. The predicted molar refractivity (Wildman–Crippen MR) is 77.1 cm³/mol. The highest BCUT2D eigenvalue weighted by Crippen LogP contribution is 2.13. The van der Waals surface area contributed by atoms with E-state index >= 15 is 0 Å². The van der Waals surface area contributed by atoms with Crippen molar-refractivity contribution in [2.75, 3.05) is 26.3 Å². The van der Waals surface area contributed by atoms with Crippen LogP contribution >= 0.6 is 0 Å². The zero-order valence-corrected chi connectivity index (χ0v) is 11.6. The molecule has 2 rings (SSSR count). The molecule has 1 fully saturated rings. The molecule has 3 heteroatoms. The van der Waals surface area contributed by atoms with Crippen molar-refractivity contribution in [2.45, 2.75) is 32.3 Å². The van der Waals surface area contributed by atoms with E-state index in [9.17, 15) is 0 Å². The first-order valence-electron chi connectivity index (χ1n) is 7.35. The molecule has 1 heterocycles. The third-order valence-electron chi connectivity index (χ3n) is 3.77. The first-order valence-corrected chi connectivity index (χ1v) is 7.35. The first kappa shape index (κ1) is 14.5. The molecule has 19 heavy (non-hydrogen) atoms. The predicted octanol–water partition coefficient (Wildman–Crippen LogP) is 2.13. The van der Waals surface area contributed by atoms with Crippen LogP contribution in [0.3, 0.4) is 0 Å². The van der Waals surface area contributed by atoms with Crippen molar-refractivity contribution in [3.63, 3.8) is 0 Å². The Kier molecular flexibility index (Phi) is 6.34. The Morgan fingerprint density at radius 3 is 2.79 bits per heavy atom. The minimum absolute atomic E-state index is 0.135. The fourth-order valence-corrected chi connectivity index (χ4v) is 2.56. The van der Waals surface area contributed by atoms with Gasteiger partial charge in [-0.1, -0.05) is 24.3 Å². The Balaban J connectivity index is 1.58. The summed E-state index contributed by atoms with van der Waals surface area (Å²) in [7, 11) is 0. The maximum atomic E-state index is 9.09. The van der Waals surface area contributed by atoms with Crippen LogP contribution in [0.4, 0.5) is 0 Å². The molecule has 0 bridgehead atoms. The summed E-state index contributed by atoms with van der Waals surface area (Å²) < 4.78 is 5.36. The Labute approximate surface area is 116 Å². The summed E-state index contributed by atoms with van der Waals surface area (Å²) in [6.45, 7) is 4.19. The molecule has 2 N–H and O–H groups in total. The molecule has 0 spiro atoms. The lowest BCUT2D eigenvalue weighted by Crippen LogP contribution is -2.28. The maximum Gasteiger partial charge on any atom is 0.0681 e. The Morgan fingerprint density at radius 2 is 2.00 bits per heavy atom. The van der Waals surface area contributed by atoms with Crippen LogP contribution in [0, 0.1) is 5.92 Å². The van der Waals surface area contributed by atoms with Gasteiger partial charge in [0.25, 0.3) is 0 Å². The van der Waals surface area contributed by atoms with Gasteiger partial charge in [0.2, 0.25) is 0 Å².